The summed E-state index contributed by atoms with van der Waals surface area (Å²) in [6.45, 7) is 3.76. The highest BCUT2D eigenvalue weighted by atomic mass is 127. The molecule has 0 bridgehead atoms. The number of hydrogen-bond donors (Lipinski definition) is 1. The number of nitrogens with zero attached hydrogens (tertiary/aromatic N) is 3. The van der Waals surface area contributed by atoms with Gasteiger partial charge < -0.3 is 14.9 Å². The van der Waals surface area contributed by atoms with Crippen LogP contribution in [0.4, 0.5) is 4.39 Å². The number of aromatic amines is 1. The van der Waals surface area contributed by atoms with Crippen LogP contribution in [0.2, 0.25) is 0 Å². The summed E-state index contributed by atoms with van der Waals surface area (Å²) in [4.78, 5) is 5.43. The van der Waals surface area contributed by atoms with E-state index in [1.165, 1.54) is 0 Å². The SMILES string of the molecule is CN1CCN(n2c(=S)[nH]c3cc(I)c(F)cc32)CC1. The molecule has 7 heteroatoms. The minimum atomic E-state index is -0.204. The van der Waals surface area contributed by atoms with Crippen molar-refractivity contribution in [2.75, 3.05) is 38.2 Å². The van der Waals surface area contributed by atoms with Crippen molar-refractivity contribution in [3.8, 4) is 0 Å². The Hall–Kier alpha value is -0.670. The standard InChI is InChI=1S/C12H14FIN4S/c1-16-2-4-17(5-3-16)18-11-6-8(13)9(14)7-10(11)15-12(18)19/h6-7H,2-5H2,1H3,(H,15,19). The van der Waals surface area contributed by atoms with E-state index in [4.69, 9.17) is 12.2 Å². The van der Waals surface area contributed by atoms with Crippen LogP contribution in [0, 0.1) is 14.2 Å². The molecule has 0 radical (unpaired) electrons. The van der Waals surface area contributed by atoms with E-state index >= 15 is 0 Å². The van der Waals surface area contributed by atoms with Gasteiger partial charge in [0.25, 0.3) is 0 Å². The summed E-state index contributed by atoms with van der Waals surface area (Å²) < 4.78 is 16.9. The number of piperazine rings is 1. The van der Waals surface area contributed by atoms with Crippen LogP contribution in [0.15, 0.2) is 12.1 Å². The predicted octanol–water partition coefficient (Wildman–Crippen LogP) is 2.33. The molecule has 0 spiro atoms. The smallest absolute Gasteiger partial charge is 0.197 e. The summed E-state index contributed by atoms with van der Waals surface area (Å²) in [6, 6.07) is 3.36. The third-order valence-electron chi connectivity index (χ3n) is 3.46. The lowest BCUT2D eigenvalue weighted by atomic mass is 10.3. The lowest BCUT2D eigenvalue weighted by Gasteiger charge is -2.34. The van der Waals surface area contributed by atoms with Gasteiger partial charge in [-0.15, -0.1) is 0 Å². The first-order valence-corrected chi connectivity index (χ1v) is 7.58. The average molecular weight is 392 g/mol. The number of imidazole rings is 1. The summed E-state index contributed by atoms with van der Waals surface area (Å²) in [5.74, 6) is -0.204. The number of rotatable bonds is 1. The molecule has 1 aromatic heterocycles. The maximum Gasteiger partial charge on any atom is 0.197 e. The minimum Gasteiger partial charge on any atom is -0.329 e. The second kappa shape index (κ2) is 5.02. The number of nitrogens with one attached hydrogen (secondary N) is 1. The van der Waals surface area contributed by atoms with Gasteiger partial charge in [0.15, 0.2) is 4.77 Å². The number of aromatic nitrogens is 2. The fourth-order valence-corrected chi connectivity index (χ4v) is 3.16. The van der Waals surface area contributed by atoms with Gasteiger partial charge in [0.05, 0.1) is 14.6 Å². The zero-order chi connectivity index (χ0) is 13.6. The van der Waals surface area contributed by atoms with Crippen molar-refractivity contribution in [1.82, 2.24) is 14.6 Å². The molecule has 0 unspecified atom stereocenters. The fraction of sp³-hybridized carbons (Fsp3) is 0.417. The highest BCUT2D eigenvalue weighted by molar-refractivity contribution is 14.1. The number of halogens is 2. The molecule has 1 N–H and O–H groups in total. The Labute approximate surface area is 129 Å². The third-order valence-corrected chi connectivity index (χ3v) is 4.56. The van der Waals surface area contributed by atoms with Gasteiger partial charge in [-0.1, -0.05) is 0 Å². The van der Waals surface area contributed by atoms with Gasteiger partial charge in [-0.2, -0.15) is 0 Å². The quantitative estimate of drug-likeness (QED) is 0.597. The Morgan fingerprint density at radius 1 is 1.26 bits per heavy atom. The Morgan fingerprint density at radius 3 is 2.63 bits per heavy atom. The van der Waals surface area contributed by atoms with Crippen LogP contribution in [-0.4, -0.2) is 47.8 Å². The van der Waals surface area contributed by atoms with Gasteiger partial charge in [-0.05, 0) is 47.9 Å². The average Bonchev–Trinajstić information content (AvgIpc) is 2.67. The van der Waals surface area contributed by atoms with Crippen LogP contribution < -0.4 is 5.01 Å². The molecule has 0 amide bonds. The molecular formula is C12H14FIN4S. The van der Waals surface area contributed by atoms with Crippen LogP contribution in [0.5, 0.6) is 0 Å². The summed E-state index contributed by atoms with van der Waals surface area (Å²) in [7, 11) is 2.11. The third kappa shape index (κ3) is 2.38. The van der Waals surface area contributed by atoms with Crippen LogP contribution in [0.3, 0.4) is 0 Å². The second-order valence-corrected chi connectivity index (χ2v) is 6.33. The number of likely N-dealkylation sites (N-methyl/N-ethyl adjacent to an activating group) is 1. The maximum absolute atomic E-state index is 13.8. The summed E-state index contributed by atoms with van der Waals surface area (Å²) in [5.41, 5.74) is 1.70. The Balaban J connectivity index is 2.10. The maximum atomic E-state index is 13.8. The summed E-state index contributed by atoms with van der Waals surface area (Å²) >= 11 is 7.37. The normalized spacial score (nSPS) is 17.3. The summed E-state index contributed by atoms with van der Waals surface area (Å²) in [6.07, 6.45) is 0. The van der Waals surface area contributed by atoms with E-state index in [9.17, 15) is 4.39 Å². The molecule has 3 rings (SSSR count). The van der Waals surface area contributed by atoms with Crippen molar-refractivity contribution < 1.29 is 4.39 Å². The Morgan fingerprint density at radius 2 is 1.95 bits per heavy atom. The van der Waals surface area contributed by atoms with Gasteiger partial charge in [0, 0.05) is 32.2 Å². The van der Waals surface area contributed by atoms with Crippen molar-refractivity contribution in [3.63, 3.8) is 0 Å². The molecule has 1 aliphatic rings. The van der Waals surface area contributed by atoms with Crippen molar-refractivity contribution in [3.05, 3.63) is 26.3 Å². The molecule has 102 valence electrons. The molecule has 0 aliphatic carbocycles. The number of benzene rings is 1. The molecule has 19 heavy (non-hydrogen) atoms. The van der Waals surface area contributed by atoms with Gasteiger partial charge in [-0.3, -0.25) is 0 Å². The largest absolute Gasteiger partial charge is 0.329 e. The fourth-order valence-electron chi connectivity index (χ4n) is 2.37. The first-order chi connectivity index (χ1) is 9.06. The number of hydrogen-bond acceptors (Lipinski definition) is 3. The summed E-state index contributed by atoms with van der Waals surface area (Å²) in [5, 5.41) is 2.17. The highest BCUT2D eigenvalue weighted by Gasteiger charge is 2.18. The first kappa shape index (κ1) is 13.3. The van der Waals surface area contributed by atoms with E-state index in [1.807, 2.05) is 27.3 Å². The van der Waals surface area contributed by atoms with Crippen molar-refractivity contribution in [2.45, 2.75) is 0 Å². The zero-order valence-electron chi connectivity index (χ0n) is 10.5. The van der Waals surface area contributed by atoms with Crippen molar-refractivity contribution in [1.29, 1.82) is 0 Å². The first-order valence-electron chi connectivity index (χ1n) is 6.10. The van der Waals surface area contributed by atoms with Gasteiger partial charge in [0.2, 0.25) is 0 Å². The highest BCUT2D eigenvalue weighted by Crippen LogP contribution is 2.21. The van der Waals surface area contributed by atoms with E-state index < -0.39 is 0 Å². The molecule has 1 fully saturated rings. The lowest BCUT2D eigenvalue weighted by Crippen LogP contribution is -2.49. The molecule has 1 saturated heterocycles. The van der Waals surface area contributed by atoms with Crippen molar-refractivity contribution in [2.24, 2.45) is 0 Å². The van der Waals surface area contributed by atoms with Crippen LogP contribution in [-0.2, 0) is 0 Å². The van der Waals surface area contributed by atoms with Gasteiger partial charge >= 0.3 is 0 Å². The molecule has 1 aromatic carbocycles. The second-order valence-electron chi connectivity index (χ2n) is 4.78. The number of H-pyrrole nitrogens is 1. The van der Waals surface area contributed by atoms with E-state index in [0.717, 1.165) is 37.2 Å². The topological polar surface area (TPSA) is 27.2 Å². The van der Waals surface area contributed by atoms with Crippen LogP contribution in [0.25, 0.3) is 11.0 Å². The molecule has 4 nitrogen and oxygen atoms in total. The Bertz CT molecular complexity index is 672. The molecule has 2 aromatic rings. The molecule has 2 heterocycles. The van der Waals surface area contributed by atoms with E-state index in [0.29, 0.717) is 8.34 Å². The molecular weight excluding hydrogens is 378 g/mol. The number of fused-ring (bicyclic) bond motifs is 1. The van der Waals surface area contributed by atoms with Gasteiger partial charge in [0.1, 0.15) is 5.82 Å². The van der Waals surface area contributed by atoms with E-state index in [-0.39, 0.29) is 5.82 Å². The van der Waals surface area contributed by atoms with Gasteiger partial charge in [-0.25, -0.2) is 9.07 Å². The monoisotopic (exact) mass is 392 g/mol. The molecule has 1 aliphatic heterocycles. The van der Waals surface area contributed by atoms with E-state index in [2.05, 4.69) is 21.9 Å². The van der Waals surface area contributed by atoms with Crippen LogP contribution >= 0.6 is 34.8 Å². The zero-order valence-corrected chi connectivity index (χ0v) is 13.5. The Kier molecular flexibility index (Phi) is 3.52. The molecule has 0 saturated carbocycles. The van der Waals surface area contributed by atoms with Crippen LogP contribution in [0.1, 0.15) is 0 Å². The predicted molar refractivity (Wildman–Crippen MR) is 85.2 cm³/mol. The van der Waals surface area contributed by atoms with E-state index in [1.54, 1.807) is 12.1 Å². The lowest BCUT2D eigenvalue weighted by molar-refractivity contribution is 0.288. The van der Waals surface area contributed by atoms with Crippen molar-refractivity contribution >= 4 is 45.8 Å². The minimum absolute atomic E-state index is 0.204. The molecule has 0 atom stereocenters.